The molecule has 4 aliphatic carbocycles. The molecule has 0 spiro atoms. The van der Waals surface area contributed by atoms with Gasteiger partial charge in [0, 0.05) is 11.1 Å². The molecule has 4 aliphatic rings. The summed E-state index contributed by atoms with van der Waals surface area (Å²) in [6.45, 7) is 4.14. The molecule has 1 aromatic carbocycles. The minimum atomic E-state index is -0.242. The van der Waals surface area contributed by atoms with E-state index >= 15 is 0 Å². The van der Waals surface area contributed by atoms with Gasteiger partial charge in [-0.3, -0.25) is 4.68 Å². The maximum atomic E-state index is 14.0. The predicted octanol–water partition coefficient (Wildman–Crippen LogP) is 4.78. The van der Waals surface area contributed by atoms with Gasteiger partial charge in [0.05, 0.1) is 23.6 Å². The van der Waals surface area contributed by atoms with Crippen LogP contribution in [0.4, 0.5) is 14.9 Å². The number of urea groups is 1. The molecule has 0 aliphatic heterocycles. The Kier molecular flexibility index (Phi) is 4.41. The van der Waals surface area contributed by atoms with Crippen LogP contribution in [-0.2, 0) is 6.54 Å². The molecule has 6 rings (SSSR count). The number of benzene rings is 1. The number of hydrogen-bond acceptors (Lipinski definition) is 2. The van der Waals surface area contributed by atoms with E-state index < -0.39 is 0 Å². The molecular formula is C23H29FN4O. The van der Waals surface area contributed by atoms with Gasteiger partial charge in [-0.2, -0.15) is 5.10 Å². The summed E-state index contributed by atoms with van der Waals surface area (Å²) in [6, 6.07) is 6.59. The molecule has 1 aromatic heterocycles. The van der Waals surface area contributed by atoms with Crippen molar-refractivity contribution in [3.05, 3.63) is 47.0 Å². The van der Waals surface area contributed by atoms with E-state index in [4.69, 9.17) is 0 Å². The van der Waals surface area contributed by atoms with Crippen molar-refractivity contribution in [2.75, 3.05) is 5.32 Å². The normalized spacial score (nSPS) is 29.8. The summed E-state index contributed by atoms with van der Waals surface area (Å²) in [6.07, 6.45) is 7.42. The maximum Gasteiger partial charge on any atom is 0.319 e. The van der Waals surface area contributed by atoms with Crippen molar-refractivity contribution in [1.29, 1.82) is 0 Å². The summed E-state index contributed by atoms with van der Waals surface area (Å²) >= 11 is 0. The van der Waals surface area contributed by atoms with Crippen LogP contribution in [0.5, 0.6) is 0 Å². The molecule has 4 fully saturated rings. The molecule has 0 unspecified atom stereocenters. The summed E-state index contributed by atoms with van der Waals surface area (Å²) in [5.41, 5.74) is 2.88. The number of amides is 2. The van der Waals surface area contributed by atoms with E-state index in [9.17, 15) is 9.18 Å². The number of carbonyl (C=O) groups excluding carboxylic acids is 1. The van der Waals surface area contributed by atoms with Crippen molar-refractivity contribution in [3.8, 4) is 0 Å². The number of aryl methyl sites for hydroxylation is 1. The molecule has 2 amide bonds. The Morgan fingerprint density at radius 2 is 1.76 bits per heavy atom. The number of anilines is 1. The third kappa shape index (κ3) is 3.43. The van der Waals surface area contributed by atoms with Gasteiger partial charge < -0.3 is 10.6 Å². The highest BCUT2D eigenvalue weighted by Gasteiger charge is 2.51. The van der Waals surface area contributed by atoms with E-state index in [1.807, 2.05) is 19.9 Å². The van der Waals surface area contributed by atoms with Gasteiger partial charge in [0.1, 0.15) is 5.82 Å². The summed E-state index contributed by atoms with van der Waals surface area (Å²) in [4.78, 5) is 12.9. The highest BCUT2D eigenvalue weighted by atomic mass is 19.1. The van der Waals surface area contributed by atoms with Crippen molar-refractivity contribution in [2.24, 2.45) is 17.8 Å². The zero-order valence-electron chi connectivity index (χ0n) is 17.2. The lowest BCUT2D eigenvalue weighted by molar-refractivity contribution is -0.0127. The molecule has 1 heterocycles. The second-order valence-electron chi connectivity index (χ2n) is 9.57. The monoisotopic (exact) mass is 396 g/mol. The zero-order valence-corrected chi connectivity index (χ0v) is 17.2. The third-order valence-electron chi connectivity index (χ3n) is 7.31. The fourth-order valence-corrected chi connectivity index (χ4v) is 6.47. The molecule has 0 radical (unpaired) electrons. The topological polar surface area (TPSA) is 59.0 Å². The second kappa shape index (κ2) is 6.85. The van der Waals surface area contributed by atoms with E-state index in [0.29, 0.717) is 12.1 Å². The number of nitrogens with zero attached hydrogens (tertiary/aromatic N) is 2. The smallest absolute Gasteiger partial charge is 0.319 e. The van der Waals surface area contributed by atoms with Crippen LogP contribution in [0.2, 0.25) is 0 Å². The van der Waals surface area contributed by atoms with Crippen LogP contribution in [0.1, 0.15) is 55.5 Å². The van der Waals surface area contributed by atoms with Crippen LogP contribution in [0.25, 0.3) is 0 Å². The minimum absolute atomic E-state index is 0.0240. The number of hydrogen-bond donors (Lipinski definition) is 2. The first-order chi connectivity index (χ1) is 13.9. The first-order valence-electron chi connectivity index (χ1n) is 10.8. The Morgan fingerprint density at radius 3 is 2.38 bits per heavy atom. The summed E-state index contributed by atoms with van der Waals surface area (Å²) in [5, 5.41) is 10.9. The molecular weight excluding hydrogens is 367 g/mol. The molecule has 0 saturated heterocycles. The van der Waals surface area contributed by atoms with Gasteiger partial charge in [-0.15, -0.1) is 0 Å². The van der Waals surface area contributed by atoms with Gasteiger partial charge >= 0.3 is 6.03 Å². The van der Waals surface area contributed by atoms with Crippen LogP contribution in [0, 0.1) is 37.4 Å². The molecule has 6 heteroatoms. The van der Waals surface area contributed by atoms with E-state index in [2.05, 4.69) is 15.7 Å². The number of aromatic nitrogens is 2. The second-order valence-corrected chi connectivity index (χ2v) is 9.57. The lowest BCUT2D eigenvalue weighted by Gasteiger charge is -2.56. The van der Waals surface area contributed by atoms with Crippen molar-refractivity contribution in [2.45, 2.75) is 64.5 Å². The average molecular weight is 397 g/mol. The van der Waals surface area contributed by atoms with Gasteiger partial charge in [0.2, 0.25) is 0 Å². The van der Waals surface area contributed by atoms with E-state index in [1.54, 1.807) is 16.8 Å². The SMILES string of the molecule is Cc1nn(Cc2ccccc2F)c(C)c1NC(=O)NC12CC3CC(CC(C3)C1)C2. The van der Waals surface area contributed by atoms with Gasteiger partial charge in [0.15, 0.2) is 0 Å². The van der Waals surface area contributed by atoms with Crippen molar-refractivity contribution in [3.63, 3.8) is 0 Å². The quantitative estimate of drug-likeness (QED) is 0.781. The van der Waals surface area contributed by atoms with E-state index in [0.717, 1.165) is 54.1 Å². The lowest BCUT2D eigenvalue weighted by atomic mass is 9.53. The molecule has 5 nitrogen and oxygen atoms in total. The van der Waals surface area contributed by atoms with Crippen LogP contribution in [0.15, 0.2) is 24.3 Å². The van der Waals surface area contributed by atoms with Crippen LogP contribution in [0.3, 0.4) is 0 Å². The van der Waals surface area contributed by atoms with E-state index in [1.165, 1.54) is 25.3 Å². The molecule has 0 atom stereocenters. The predicted molar refractivity (Wildman–Crippen MR) is 110 cm³/mol. The van der Waals surface area contributed by atoms with Gasteiger partial charge in [-0.05, 0) is 76.2 Å². The molecule has 29 heavy (non-hydrogen) atoms. The fourth-order valence-electron chi connectivity index (χ4n) is 6.47. The largest absolute Gasteiger partial charge is 0.332 e. The fraction of sp³-hybridized carbons (Fsp3) is 0.565. The Balaban J connectivity index is 1.30. The minimum Gasteiger partial charge on any atom is -0.332 e. The molecule has 2 N–H and O–H groups in total. The van der Waals surface area contributed by atoms with Crippen LogP contribution < -0.4 is 10.6 Å². The Hall–Kier alpha value is -2.37. The number of nitrogens with one attached hydrogen (secondary N) is 2. The van der Waals surface area contributed by atoms with Crippen LogP contribution in [-0.4, -0.2) is 21.4 Å². The molecule has 154 valence electrons. The Labute approximate surface area is 171 Å². The summed E-state index contributed by atoms with van der Waals surface area (Å²) in [5.74, 6) is 2.12. The average Bonchev–Trinajstić information content (AvgIpc) is 2.89. The van der Waals surface area contributed by atoms with Gasteiger partial charge in [0.25, 0.3) is 0 Å². The van der Waals surface area contributed by atoms with Crippen molar-refractivity contribution >= 4 is 11.7 Å². The van der Waals surface area contributed by atoms with Crippen molar-refractivity contribution < 1.29 is 9.18 Å². The van der Waals surface area contributed by atoms with Crippen molar-refractivity contribution in [1.82, 2.24) is 15.1 Å². The maximum absolute atomic E-state index is 14.0. The number of carbonyl (C=O) groups is 1. The number of rotatable bonds is 4. The summed E-state index contributed by atoms with van der Waals surface area (Å²) in [7, 11) is 0. The summed E-state index contributed by atoms with van der Waals surface area (Å²) < 4.78 is 15.8. The lowest BCUT2D eigenvalue weighted by Crippen LogP contribution is -2.60. The highest BCUT2D eigenvalue weighted by Crippen LogP contribution is 2.55. The third-order valence-corrected chi connectivity index (χ3v) is 7.31. The van der Waals surface area contributed by atoms with E-state index in [-0.39, 0.29) is 17.4 Å². The standard InChI is InChI=1S/C23H29FN4O/c1-14-21(15(2)28(27-14)13-19-5-3-4-6-20(19)24)25-22(29)26-23-10-16-7-17(11-23)9-18(8-16)12-23/h3-6,16-18H,7-13H2,1-2H3,(H2,25,26,29). The van der Waals surface area contributed by atoms with Gasteiger partial charge in [-0.25, -0.2) is 9.18 Å². The first kappa shape index (κ1) is 18.6. The molecule has 4 saturated carbocycles. The van der Waals surface area contributed by atoms with Crippen LogP contribution >= 0.6 is 0 Å². The molecule has 4 bridgehead atoms. The van der Waals surface area contributed by atoms with Gasteiger partial charge in [-0.1, -0.05) is 18.2 Å². The highest BCUT2D eigenvalue weighted by molar-refractivity contribution is 5.91. The number of halogens is 1. The Morgan fingerprint density at radius 1 is 1.14 bits per heavy atom. The molecule has 2 aromatic rings. The Bertz CT molecular complexity index is 915. The first-order valence-corrected chi connectivity index (χ1v) is 10.8. The zero-order chi connectivity index (χ0) is 20.2.